The van der Waals surface area contributed by atoms with Crippen LogP contribution >= 0.6 is 8.58 Å². The summed E-state index contributed by atoms with van der Waals surface area (Å²) in [7, 11) is 0.713. The van der Waals surface area contributed by atoms with E-state index in [0.29, 0.717) is 20.3 Å². The van der Waals surface area contributed by atoms with Crippen LogP contribution in [0.15, 0.2) is 72.8 Å². The highest BCUT2D eigenvalue weighted by Gasteiger charge is 2.33. The third kappa shape index (κ3) is 3.54. The first-order chi connectivity index (χ1) is 13.9. The lowest BCUT2D eigenvalue weighted by atomic mass is 9.90. The third-order valence-electron chi connectivity index (χ3n) is 5.79. The van der Waals surface area contributed by atoms with Gasteiger partial charge in [0.2, 0.25) is 0 Å². The summed E-state index contributed by atoms with van der Waals surface area (Å²) in [6, 6.07) is 24.8. The Labute approximate surface area is 168 Å². The molecule has 1 saturated carbocycles. The van der Waals surface area contributed by atoms with Gasteiger partial charge in [-0.15, -0.1) is 0 Å². The Hall–Kier alpha value is -2.31. The molecule has 1 heterocycles. The van der Waals surface area contributed by atoms with Gasteiger partial charge in [-0.1, -0.05) is 67.8 Å². The van der Waals surface area contributed by atoms with Crippen LogP contribution in [0.3, 0.4) is 0 Å². The molecule has 1 aliphatic heterocycles. The molecular weight excluding hydrogens is 363 g/mol. The normalized spacial score (nSPS) is 19.9. The van der Waals surface area contributed by atoms with Gasteiger partial charge >= 0.3 is 0 Å². The fraction of sp³-hybridized carbons (Fsp3) is 0.280. The molecule has 2 aliphatic rings. The zero-order chi connectivity index (χ0) is 18.8. The molecular formula is C25H25O2P. The van der Waals surface area contributed by atoms with Crippen molar-refractivity contribution in [2.24, 2.45) is 5.92 Å². The molecule has 3 heteroatoms. The first-order valence-corrected chi connectivity index (χ1v) is 11.3. The quantitative estimate of drug-likeness (QED) is 0.460. The maximum absolute atomic E-state index is 6.44. The number of ether oxygens (including phenoxy) is 2. The van der Waals surface area contributed by atoms with E-state index in [1.165, 1.54) is 43.0 Å². The number of rotatable bonds is 4. The molecule has 0 aromatic heterocycles. The minimum atomic E-state index is 0.360. The second-order valence-corrected chi connectivity index (χ2v) is 9.03. The van der Waals surface area contributed by atoms with Crippen molar-refractivity contribution >= 4 is 13.9 Å². The van der Waals surface area contributed by atoms with Gasteiger partial charge in [0, 0.05) is 10.9 Å². The van der Waals surface area contributed by atoms with E-state index in [0.717, 1.165) is 22.8 Å². The Balaban J connectivity index is 1.47. The molecule has 0 saturated heterocycles. The summed E-state index contributed by atoms with van der Waals surface area (Å²) in [6.45, 7) is 0. The van der Waals surface area contributed by atoms with Crippen LogP contribution in [0, 0.1) is 5.92 Å². The fourth-order valence-corrected chi connectivity index (χ4v) is 6.05. The maximum Gasteiger partial charge on any atom is 0.135 e. The van der Waals surface area contributed by atoms with Crippen LogP contribution in [0.2, 0.25) is 0 Å². The molecule has 0 radical (unpaired) electrons. The summed E-state index contributed by atoms with van der Waals surface area (Å²) in [5.41, 5.74) is 2.39. The molecule has 142 valence electrons. The molecule has 0 amide bonds. The van der Waals surface area contributed by atoms with Gasteiger partial charge in [0.1, 0.15) is 23.1 Å². The summed E-state index contributed by atoms with van der Waals surface area (Å²) in [6.07, 6.45) is 6.72. The lowest BCUT2D eigenvalue weighted by molar-refractivity contribution is 0.184. The highest BCUT2D eigenvalue weighted by atomic mass is 31.1. The molecule has 3 aromatic rings. The van der Waals surface area contributed by atoms with Gasteiger partial charge in [-0.3, -0.25) is 0 Å². The van der Waals surface area contributed by atoms with E-state index in [-0.39, 0.29) is 0 Å². The Morgan fingerprint density at radius 2 is 1.50 bits per heavy atom. The predicted octanol–water partition coefficient (Wildman–Crippen LogP) is 6.75. The summed E-state index contributed by atoms with van der Waals surface area (Å²) in [5, 5.41) is 1.36. The lowest BCUT2D eigenvalue weighted by Gasteiger charge is -2.26. The molecule has 28 heavy (non-hydrogen) atoms. The molecule has 0 bridgehead atoms. The lowest BCUT2D eigenvalue weighted by Crippen LogP contribution is -2.22. The summed E-state index contributed by atoms with van der Waals surface area (Å²) in [5.74, 6) is 3.90. The SMILES string of the molecule is c1ccc(Oc2ccccc2-c2cccc3c2PC(C2CCCCC2)O3)cc1. The van der Waals surface area contributed by atoms with E-state index in [4.69, 9.17) is 9.47 Å². The van der Waals surface area contributed by atoms with Crippen LogP contribution in [0.5, 0.6) is 17.2 Å². The van der Waals surface area contributed by atoms with Crippen LogP contribution in [0.25, 0.3) is 11.1 Å². The average molecular weight is 388 g/mol. The van der Waals surface area contributed by atoms with Crippen LogP contribution < -0.4 is 14.8 Å². The average Bonchev–Trinajstić information content (AvgIpc) is 3.20. The Kier molecular flexibility index (Phi) is 5.06. The Morgan fingerprint density at radius 1 is 0.750 bits per heavy atom. The van der Waals surface area contributed by atoms with Gasteiger partial charge < -0.3 is 9.47 Å². The number of hydrogen-bond donors (Lipinski definition) is 0. The molecule has 5 rings (SSSR count). The fourth-order valence-electron chi connectivity index (χ4n) is 4.36. The van der Waals surface area contributed by atoms with Crippen molar-refractivity contribution in [2.75, 3.05) is 0 Å². The largest absolute Gasteiger partial charge is 0.485 e. The van der Waals surface area contributed by atoms with Crippen molar-refractivity contribution in [2.45, 2.75) is 37.9 Å². The number of fused-ring (bicyclic) bond motifs is 1. The molecule has 1 aliphatic carbocycles. The van der Waals surface area contributed by atoms with Gasteiger partial charge in [-0.2, -0.15) is 0 Å². The van der Waals surface area contributed by atoms with Crippen molar-refractivity contribution < 1.29 is 9.47 Å². The monoisotopic (exact) mass is 388 g/mol. The summed E-state index contributed by atoms with van der Waals surface area (Å²) < 4.78 is 12.7. The van der Waals surface area contributed by atoms with E-state index < -0.39 is 0 Å². The van der Waals surface area contributed by atoms with Gasteiger partial charge in [0.05, 0.1) is 0 Å². The summed E-state index contributed by atoms with van der Waals surface area (Å²) in [4.78, 5) is 0. The molecule has 0 spiro atoms. The van der Waals surface area contributed by atoms with Crippen molar-refractivity contribution in [1.29, 1.82) is 0 Å². The third-order valence-corrected chi connectivity index (χ3v) is 7.47. The molecule has 2 atom stereocenters. The second-order valence-electron chi connectivity index (χ2n) is 7.67. The predicted molar refractivity (Wildman–Crippen MR) is 117 cm³/mol. The Morgan fingerprint density at radius 3 is 2.36 bits per heavy atom. The van der Waals surface area contributed by atoms with Gasteiger partial charge in [-0.25, -0.2) is 0 Å². The zero-order valence-electron chi connectivity index (χ0n) is 15.9. The van der Waals surface area contributed by atoms with Crippen LogP contribution in [0.4, 0.5) is 0 Å². The standard InChI is InChI=1S/C25H25O2P/c1-3-10-18(11-4-1)25-27-23-17-9-15-21(24(23)28-25)20-14-7-8-16-22(20)26-19-12-5-2-6-13-19/h2,5-9,12-18,25,28H,1,3-4,10-11H2. The number of hydrogen-bond acceptors (Lipinski definition) is 2. The smallest absolute Gasteiger partial charge is 0.135 e. The maximum atomic E-state index is 6.44. The number of benzene rings is 3. The van der Waals surface area contributed by atoms with Crippen molar-refractivity contribution in [3.8, 4) is 28.4 Å². The second kappa shape index (κ2) is 7.97. The molecule has 0 N–H and O–H groups in total. The van der Waals surface area contributed by atoms with Gasteiger partial charge in [0.15, 0.2) is 0 Å². The van der Waals surface area contributed by atoms with Crippen molar-refractivity contribution in [3.63, 3.8) is 0 Å². The molecule has 2 unspecified atom stereocenters. The van der Waals surface area contributed by atoms with Crippen molar-refractivity contribution in [3.05, 3.63) is 72.8 Å². The van der Waals surface area contributed by atoms with E-state index >= 15 is 0 Å². The van der Waals surface area contributed by atoms with E-state index in [2.05, 4.69) is 36.4 Å². The molecule has 3 aromatic carbocycles. The first kappa shape index (κ1) is 17.8. The van der Waals surface area contributed by atoms with Crippen LogP contribution in [-0.4, -0.2) is 5.85 Å². The van der Waals surface area contributed by atoms with Crippen LogP contribution in [-0.2, 0) is 0 Å². The van der Waals surface area contributed by atoms with E-state index in [9.17, 15) is 0 Å². The van der Waals surface area contributed by atoms with E-state index in [1.54, 1.807) is 0 Å². The highest BCUT2D eigenvalue weighted by molar-refractivity contribution is 7.49. The minimum Gasteiger partial charge on any atom is -0.485 e. The van der Waals surface area contributed by atoms with Gasteiger partial charge in [-0.05, 0) is 57.2 Å². The topological polar surface area (TPSA) is 18.5 Å². The number of para-hydroxylation sites is 2. The van der Waals surface area contributed by atoms with Crippen molar-refractivity contribution in [1.82, 2.24) is 0 Å². The first-order valence-electron chi connectivity index (χ1n) is 10.3. The Bertz CT molecular complexity index is 948. The summed E-state index contributed by atoms with van der Waals surface area (Å²) >= 11 is 0. The van der Waals surface area contributed by atoms with E-state index in [1.807, 2.05) is 36.4 Å². The van der Waals surface area contributed by atoms with Gasteiger partial charge in [0.25, 0.3) is 0 Å². The zero-order valence-corrected chi connectivity index (χ0v) is 16.9. The molecule has 1 fully saturated rings. The molecule has 2 nitrogen and oxygen atoms in total. The highest BCUT2D eigenvalue weighted by Crippen LogP contribution is 2.46. The minimum absolute atomic E-state index is 0.360. The van der Waals surface area contributed by atoms with Crippen LogP contribution in [0.1, 0.15) is 32.1 Å².